The molecule has 47 heavy (non-hydrogen) atoms. The molecule has 2 N–H and O–H groups in total. The van der Waals surface area contributed by atoms with Crippen LogP contribution in [0.15, 0.2) is 84.4 Å². The van der Waals surface area contributed by atoms with Crippen molar-refractivity contribution >= 4 is 35.4 Å². The van der Waals surface area contributed by atoms with E-state index in [9.17, 15) is 24.3 Å². The summed E-state index contributed by atoms with van der Waals surface area (Å²) in [5, 5.41) is 12.6. The molecule has 0 radical (unpaired) electrons. The van der Waals surface area contributed by atoms with Crippen molar-refractivity contribution in [1.82, 2.24) is 9.91 Å². The second-order valence-corrected chi connectivity index (χ2v) is 12.5. The molecule has 5 amide bonds. The van der Waals surface area contributed by atoms with Crippen LogP contribution in [-0.4, -0.2) is 59.0 Å². The predicted molar refractivity (Wildman–Crippen MR) is 168 cm³/mol. The Labute approximate surface area is 270 Å². The van der Waals surface area contributed by atoms with Crippen LogP contribution in [0.5, 0.6) is 11.5 Å². The van der Waals surface area contributed by atoms with Gasteiger partial charge in [0.1, 0.15) is 11.5 Å². The van der Waals surface area contributed by atoms with Crippen LogP contribution in [0.1, 0.15) is 35.4 Å². The Bertz CT molecular complexity index is 1860. The Balaban J connectivity index is 1.48. The van der Waals surface area contributed by atoms with Gasteiger partial charge in [0.05, 0.1) is 43.1 Å². The van der Waals surface area contributed by atoms with E-state index in [1.54, 1.807) is 48.5 Å². The molecule has 11 heteroatoms. The molecule has 1 saturated carbocycles. The normalized spacial score (nSPS) is 28.0. The first-order chi connectivity index (χ1) is 22.6. The maximum atomic E-state index is 15.1. The third-order valence-corrected chi connectivity index (χ3v) is 10.3. The summed E-state index contributed by atoms with van der Waals surface area (Å²) < 4.78 is 10.5. The highest BCUT2D eigenvalue weighted by Gasteiger charge is 2.71. The third kappa shape index (κ3) is 4.22. The number of aromatic hydroxyl groups is 1. The number of hydrazine groups is 1. The lowest BCUT2D eigenvalue weighted by molar-refractivity contribution is -0.140. The van der Waals surface area contributed by atoms with Gasteiger partial charge in [-0.3, -0.25) is 24.6 Å². The number of aryl methyl sites for hydroxylation is 1. The number of carbonyl (C=O) groups is 5. The Hall–Kier alpha value is -5.45. The molecule has 4 aliphatic rings. The van der Waals surface area contributed by atoms with Crippen LogP contribution in [0.3, 0.4) is 0 Å². The van der Waals surface area contributed by atoms with E-state index in [2.05, 4.69) is 5.43 Å². The van der Waals surface area contributed by atoms with E-state index < -0.39 is 64.7 Å². The Kier molecular flexibility index (Phi) is 7.14. The van der Waals surface area contributed by atoms with Crippen molar-refractivity contribution in [3.05, 3.63) is 101 Å². The number of carbonyl (C=O) groups excluding carboxylic acids is 5. The van der Waals surface area contributed by atoms with Crippen LogP contribution in [0.2, 0.25) is 0 Å². The zero-order valence-corrected chi connectivity index (χ0v) is 26.0. The number of allylic oxidation sites excluding steroid dienone is 2. The molecule has 2 saturated heterocycles. The number of fused-ring (bicyclic) bond motifs is 4. The van der Waals surface area contributed by atoms with Gasteiger partial charge in [-0.2, -0.15) is 9.91 Å². The summed E-state index contributed by atoms with van der Waals surface area (Å²) in [6.07, 6.45) is 0.927. The molecule has 2 heterocycles. The van der Waals surface area contributed by atoms with Crippen LogP contribution in [0, 0.1) is 30.6 Å². The van der Waals surface area contributed by atoms with Gasteiger partial charge in [0.15, 0.2) is 0 Å². The average Bonchev–Trinajstić information content (AvgIpc) is 3.46. The summed E-state index contributed by atoms with van der Waals surface area (Å²) in [5.74, 6) is -6.81. The molecule has 0 bridgehead atoms. The van der Waals surface area contributed by atoms with Crippen LogP contribution >= 0.6 is 0 Å². The lowest BCUT2D eigenvalue weighted by Crippen LogP contribution is -2.53. The number of likely N-dealkylation sites (tertiary alicyclic amines) is 1. The number of methoxy groups -OCH3 is 2. The van der Waals surface area contributed by atoms with Crippen molar-refractivity contribution in [2.75, 3.05) is 19.6 Å². The summed E-state index contributed by atoms with van der Waals surface area (Å²) in [6, 6.07) is 21.0. The number of ether oxygens (including phenoxy) is 2. The Morgan fingerprint density at radius 1 is 0.894 bits per heavy atom. The summed E-state index contributed by atoms with van der Waals surface area (Å²) >= 11 is 0. The van der Waals surface area contributed by atoms with E-state index >= 15 is 4.79 Å². The van der Waals surface area contributed by atoms with Crippen molar-refractivity contribution < 1.29 is 38.6 Å². The lowest BCUT2D eigenvalue weighted by atomic mass is 9.49. The molecule has 240 valence electrons. The average molecular weight is 636 g/mol. The van der Waals surface area contributed by atoms with Crippen molar-refractivity contribution in [2.24, 2.45) is 23.7 Å². The number of imide groups is 4. The number of benzene rings is 3. The largest absolute Gasteiger partial charge is 0.508 e. The van der Waals surface area contributed by atoms with Crippen molar-refractivity contribution in [1.29, 1.82) is 0 Å². The second-order valence-electron chi connectivity index (χ2n) is 12.5. The van der Waals surface area contributed by atoms with Crippen molar-refractivity contribution in [3.8, 4) is 11.5 Å². The molecule has 0 spiro atoms. The number of phenols is 1. The highest BCUT2D eigenvalue weighted by atomic mass is 16.5. The van der Waals surface area contributed by atoms with Crippen LogP contribution in [-0.2, 0) is 29.3 Å². The lowest BCUT2D eigenvalue weighted by Gasteiger charge is -2.50. The van der Waals surface area contributed by atoms with Gasteiger partial charge in [0, 0.05) is 11.5 Å². The third-order valence-electron chi connectivity index (χ3n) is 10.3. The predicted octanol–water partition coefficient (Wildman–Crippen LogP) is 4.46. The minimum Gasteiger partial charge on any atom is -0.508 e. The van der Waals surface area contributed by atoms with E-state index in [4.69, 9.17) is 9.47 Å². The molecule has 3 fully saturated rings. The SMILES string of the molecule is COC(=O)N1C(=O)C2CC=C3C(CC4C(=O)N(Nc5ccc(C)cc5)C(=O)C4(c4ccccc4)C3c3c(O)cccc3OC)C2C1=O. The van der Waals surface area contributed by atoms with Gasteiger partial charge in [-0.15, -0.1) is 0 Å². The maximum Gasteiger partial charge on any atom is 0.423 e. The zero-order chi connectivity index (χ0) is 33.2. The fourth-order valence-corrected chi connectivity index (χ4v) is 8.33. The van der Waals surface area contributed by atoms with Gasteiger partial charge in [-0.25, -0.2) is 4.79 Å². The van der Waals surface area contributed by atoms with E-state index in [0.717, 1.165) is 17.7 Å². The number of anilines is 1. The highest BCUT2D eigenvalue weighted by molar-refractivity contribution is 6.16. The maximum absolute atomic E-state index is 15.1. The Morgan fingerprint density at radius 3 is 2.30 bits per heavy atom. The first kappa shape index (κ1) is 30.2. The van der Waals surface area contributed by atoms with E-state index in [-0.39, 0.29) is 24.2 Å². The van der Waals surface area contributed by atoms with Gasteiger partial charge < -0.3 is 14.6 Å². The molecule has 2 aliphatic heterocycles. The topological polar surface area (TPSA) is 143 Å². The molecule has 3 aromatic carbocycles. The highest BCUT2D eigenvalue weighted by Crippen LogP contribution is 2.65. The summed E-state index contributed by atoms with van der Waals surface area (Å²) in [6.45, 7) is 1.93. The van der Waals surface area contributed by atoms with Gasteiger partial charge in [0.25, 0.3) is 11.8 Å². The smallest absolute Gasteiger partial charge is 0.423 e. The minimum absolute atomic E-state index is 0.0407. The van der Waals surface area contributed by atoms with Gasteiger partial charge in [-0.1, -0.05) is 65.7 Å². The number of nitrogens with one attached hydrogen (secondary N) is 1. The number of phenolic OH excluding ortho intramolecular Hbond substituents is 1. The standard InChI is InChI=1S/C36H33N3O8/c1-19-12-14-21(15-13-19)37-39-32(42)25-18-24-22(16-17-23-28(24)33(43)38(31(23)41)35(45)47-3)30(29-26(40)10-7-11-27(29)46-2)36(25,34(39)44)20-8-5-4-6-9-20/h4-16,23-25,28,30,37,40H,17-18H2,1-3H3. The molecule has 2 aliphatic carbocycles. The number of rotatable bonds is 5. The molecule has 3 aromatic rings. The minimum atomic E-state index is -1.58. The quantitative estimate of drug-likeness (QED) is 0.307. The fourth-order valence-electron chi connectivity index (χ4n) is 8.33. The van der Waals surface area contributed by atoms with Crippen LogP contribution < -0.4 is 10.2 Å². The molecule has 6 unspecified atom stereocenters. The molecule has 0 aromatic heterocycles. The summed E-state index contributed by atoms with van der Waals surface area (Å²) in [5.41, 5.74) is 4.45. The number of amides is 5. The van der Waals surface area contributed by atoms with Crippen molar-refractivity contribution in [2.45, 2.75) is 31.1 Å². The molecular weight excluding hydrogens is 602 g/mol. The monoisotopic (exact) mass is 635 g/mol. The van der Waals surface area contributed by atoms with Crippen molar-refractivity contribution in [3.63, 3.8) is 0 Å². The van der Waals surface area contributed by atoms with E-state index in [0.29, 0.717) is 27.5 Å². The molecular formula is C36H33N3O8. The van der Waals surface area contributed by atoms with Gasteiger partial charge in [0.2, 0.25) is 11.8 Å². The van der Waals surface area contributed by atoms with Crippen LogP contribution in [0.4, 0.5) is 10.5 Å². The molecule has 7 rings (SSSR count). The first-order valence-electron chi connectivity index (χ1n) is 15.4. The van der Waals surface area contributed by atoms with Gasteiger partial charge >= 0.3 is 6.09 Å². The molecule has 6 atom stereocenters. The zero-order valence-electron chi connectivity index (χ0n) is 26.0. The number of hydrogen-bond acceptors (Lipinski definition) is 9. The van der Waals surface area contributed by atoms with Crippen LogP contribution in [0.25, 0.3) is 0 Å². The number of hydrogen-bond donors (Lipinski definition) is 2. The summed E-state index contributed by atoms with van der Waals surface area (Å²) in [4.78, 5) is 70.2. The van der Waals surface area contributed by atoms with E-state index in [1.165, 1.54) is 13.2 Å². The van der Waals surface area contributed by atoms with E-state index in [1.807, 2.05) is 31.2 Å². The second kappa shape index (κ2) is 11.1. The number of nitrogens with zero attached hydrogens (tertiary/aromatic N) is 2. The first-order valence-corrected chi connectivity index (χ1v) is 15.4. The summed E-state index contributed by atoms with van der Waals surface area (Å²) in [7, 11) is 2.55. The fraction of sp³-hybridized carbons (Fsp3) is 0.306. The molecule has 11 nitrogen and oxygen atoms in total. The van der Waals surface area contributed by atoms with Gasteiger partial charge in [-0.05, 0) is 55.5 Å². The Morgan fingerprint density at radius 2 is 1.62 bits per heavy atom.